The molecule has 0 spiro atoms. The second kappa shape index (κ2) is 8.03. The number of nitrogens with one attached hydrogen (secondary N) is 1. The number of urea groups is 1. The minimum absolute atomic E-state index is 0.0226. The van der Waals surface area contributed by atoms with Crippen LogP contribution in [-0.2, 0) is 16.8 Å². The number of hydrogen-bond donors (Lipinski definition) is 1. The summed E-state index contributed by atoms with van der Waals surface area (Å²) >= 11 is 0. The van der Waals surface area contributed by atoms with Gasteiger partial charge < -0.3 is 10.1 Å². The molecule has 1 unspecified atom stereocenters. The maximum atomic E-state index is 13.6. The molecule has 1 aliphatic heterocycles. The number of imide groups is 1. The molecule has 0 saturated carbocycles. The molecule has 0 aliphatic carbocycles. The predicted octanol–water partition coefficient (Wildman–Crippen LogP) is 3.44. The van der Waals surface area contributed by atoms with Crippen molar-refractivity contribution in [1.29, 1.82) is 0 Å². The quantitative estimate of drug-likeness (QED) is 0.573. The van der Waals surface area contributed by atoms with E-state index in [1.165, 1.54) is 19.2 Å². The van der Waals surface area contributed by atoms with Gasteiger partial charge in [-0.1, -0.05) is 37.6 Å². The van der Waals surface area contributed by atoms with Crippen LogP contribution in [0.4, 0.5) is 9.18 Å². The normalized spacial score (nSPS) is 18.7. The zero-order valence-electron chi connectivity index (χ0n) is 16.6. The molecule has 0 radical (unpaired) electrons. The van der Waals surface area contributed by atoms with Crippen molar-refractivity contribution in [3.8, 4) is 5.75 Å². The first-order chi connectivity index (χ1) is 13.8. The number of aryl methyl sites for hydroxylation is 1. The molecule has 152 valence electrons. The van der Waals surface area contributed by atoms with Crippen LogP contribution < -0.4 is 10.1 Å². The number of Topliss-reactive ketones (excluding diaryl/α,β-unsaturated/α-hetero) is 1. The minimum Gasteiger partial charge on any atom is -0.496 e. The van der Waals surface area contributed by atoms with Gasteiger partial charge in [-0.2, -0.15) is 0 Å². The summed E-state index contributed by atoms with van der Waals surface area (Å²) in [6, 6.07) is 10.3. The molecule has 2 aromatic rings. The Hall–Kier alpha value is -3.22. The lowest BCUT2D eigenvalue weighted by molar-refractivity contribution is -0.130. The van der Waals surface area contributed by atoms with Gasteiger partial charge in [-0.05, 0) is 42.7 Å². The summed E-state index contributed by atoms with van der Waals surface area (Å²) in [5.41, 5.74) is 0.482. The number of halogens is 1. The topological polar surface area (TPSA) is 75.7 Å². The molecule has 6 nitrogen and oxygen atoms in total. The first-order valence-electron chi connectivity index (χ1n) is 9.40. The summed E-state index contributed by atoms with van der Waals surface area (Å²) in [7, 11) is 1.36. The fourth-order valence-corrected chi connectivity index (χ4v) is 3.46. The van der Waals surface area contributed by atoms with Crippen molar-refractivity contribution in [2.24, 2.45) is 0 Å². The van der Waals surface area contributed by atoms with E-state index in [1.54, 1.807) is 6.92 Å². The monoisotopic (exact) mass is 398 g/mol. The van der Waals surface area contributed by atoms with Crippen molar-refractivity contribution < 1.29 is 23.5 Å². The van der Waals surface area contributed by atoms with Crippen molar-refractivity contribution in [1.82, 2.24) is 10.2 Å². The third-order valence-corrected chi connectivity index (χ3v) is 5.11. The predicted molar refractivity (Wildman–Crippen MR) is 105 cm³/mol. The Balaban J connectivity index is 1.83. The lowest BCUT2D eigenvalue weighted by atomic mass is 9.91. The van der Waals surface area contributed by atoms with Crippen LogP contribution in [0.25, 0.3) is 0 Å². The van der Waals surface area contributed by atoms with E-state index in [1.807, 2.05) is 24.3 Å². The standard InChI is InChI=1S/C22H23FN2O4/c1-4-5-14-6-8-15(9-7-14)22(2)20(27)25(21(28)24-22)13-18(26)17-12-16(23)10-11-19(17)29-3/h6-12H,4-5,13H2,1-3H3,(H,24,28). The van der Waals surface area contributed by atoms with Gasteiger partial charge in [0.15, 0.2) is 5.78 Å². The fourth-order valence-electron chi connectivity index (χ4n) is 3.46. The highest BCUT2D eigenvalue weighted by atomic mass is 19.1. The van der Waals surface area contributed by atoms with Gasteiger partial charge in [0.2, 0.25) is 0 Å². The second-order valence-electron chi connectivity index (χ2n) is 7.16. The molecule has 1 fully saturated rings. The first kappa shape index (κ1) is 20.5. The van der Waals surface area contributed by atoms with Crippen molar-refractivity contribution in [2.45, 2.75) is 32.2 Å². The van der Waals surface area contributed by atoms with Crippen molar-refractivity contribution in [3.63, 3.8) is 0 Å². The number of nitrogens with zero attached hydrogens (tertiary/aromatic N) is 1. The number of rotatable bonds is 7. The number of ketones is 1. The van der Waals surface area contributed by atoms with Crippen molar-refractivity contribution in [2.75, 3.05) is 13.7 Å². The summed E-state index contributed by atoms with van der Waals surface area (Å²) in [5.74, 6) is -1.55. The van der Waals surface area contributed by atoms with E-state index >= 15 is 0 Å². The number of amides is 3. The highest BCUT2D eigenvalue weighted by molar-refractivity contribution is 6.11. The van der Waals surface area contributed by atoms with E-state index in [2.05, 4.69) is 12.2 Å². The van der Waals surface area contributed by atoms with E-state index < -0.39 is 35.6 Å². The maximum Gasteiger partial charge on any atom is 0.325 e. The molecule has 3 amide bonds. The first-order valence-corrected chi connectivity index (χ1v) is 9.40. The average molecular weight is 398 g/mol. The van der Waals surface area contributed by atoms with Crippen molar-refractivity contribution >= 4 is 17.7 Å². The Morgan fingerprint density at radius 2 is 1.86 bits per heavy atom. The van der Waals surface area contributed by atoms with Gasteiger partial charge in [-0.15, -0.1) is 0 Å². The zero-order valence-corrected chi connectivity index (χ0v) is 16.6. The van der Waals surface area contributed by atoms with Crippen LogP contribution in [-0.4, -0.2) is 36.3 Å². The molecular formula is C22H23FN2O4. The van der Waals surface area contributed by atoms with Crippen LogP contribution >= 0.6 is 0 Å². The number of ether oxygens (including phenoxy) is 1. The molecule has 1 N–H and O–H groups in total. The molecule has 1 aliphatic rings. The van der Waals surface area contributed by atoms with Crippen LogP contribution in [0.1, 0.15) is 41.8 Å². The van der Waals surface area contributed by atoms with Gasteiger partial charge in [-0.25, -0.2) is 9.18 Å². The minimum atomic E-state index is -1.27. The van der Waals surface area contributed by atoms with Crippen LogP contribution in [0.5, 0.6) is 5.75 Å². The maximum absolute atomic E-state index is 13.6. The highest BCUT2D eigenvalue weighted by Gasteiger charge is 2.49. The van der Waals surface area contributed by atoms with Crippen LogP contribution in [0.15, 0.2) is 42.5 Å². The van der Waals surface area contributed by atoms with Gasteiger partial charge >= 0.3 is 6.03 Å². The van der Waals surface area contributed by atoms with Gasteiger partial charge in [-0.3, -0.25) is 14.5 Å². The van der Waals surface area contributed by atoms with E-state index in [4.69, 9.17) is 4.74 Å². The highest BCUT2D eigenvalue weighted by Crippen LogP contribution is 2.30. The van der Waals surface area contributed by atoms with E-state index in [-0.39, 0.29) is 11.3 Å². The second-order valence-corrected chi connectivity index (χ2v) is 7.16. The van der Waals surface area contributed by atoms with Crippen molar-refractivity contribution in [3.05, 3.63) is 65.0 Å². The van der Waals surface area contributed by atoms with Gasteiger partial charge in [0.1, 0.15) is 17.1 Å². The molecule has 3 rings (SSSR count). The Morgan fingerprint density at radius 3 is 2.48 bits per heavy atom. The van der Waals surface area contributed by atoms with Gasteiger partial charge in [0.25, 0.3) is 5.91 Å². The molecule has 0 aromatic heterocycles. The lowest BCUT2D eigenvalue weighted by Crippen LogP contribution is -2.41. The molecule has 0 bridgehead atoms. The molecule has 7 heteroatoms. The Bertz CT molecular complexity index is 958. The largest absolute Gasteiger partial charge is 0.496 e. The smallest absolute Gasteiger partial charge is 0.325 e. The third kappa shape index (κ3) is 3.85. The van der Waals surface area contributed by atoms with E-state index in [0.717, 1.165) is 29.4 Å². The molecule has 29 heavy (non-hydrogen) atoms. The summed E-state index contributed by atoms with van der Waals surface area (Å²) in [4.78, 5) is 39.0. The molecule has 1 saturated heterocycles. The summed E-state index contributed by atoms with van der Waals surface area (Å²) in [6.07, 6.45) is 1.93. The van der Waals surface area contributed by atoms with Crippen LogP contribution in [0.3, 0.4) is 0 Å². The van der Waals surface area contributed by atoms with Gasteiger partial charge in [0, 0.05) is 0 Å². The summed E-state index contributed by atoms with van der Waals surface area (Å²) in [5, 5.41) is 2.67. The molecular weight excluding hydrogens is 375 g/mol. The molecule has 1 heterocycles. The number of carbonyl (C=O) groups excluding carboxylic acids is 3. The SMILES string of the molecule is CCCc1ccc(C2(C)NC(=O)N(CC(=O)c3cc(F)ccc3OC)C2=O)cc1. The zero-order chi connectivity index (χ0) is 21.2. The van der Waals surface area contributed by atoms with Crippen LogP contribution in [0, 0.1) is 5.82 Å². The number of carbonyl (C=O) groups is 3. The lowest BCUT2D eigenvalue weighted by Gasteiger charge is -2.22. The van der Waals surface area contributed by atoms with E-state index in [9.17, 15) is 18.8 Å². The summed E-state index contributed by atoms with van der Waals surface area (Å²) in [6.45, 7) is 3.18. The Kier molecular flexibility index (Phi) is 5.68. The molecule has 1 atom stereocenters. The summed E-state index contributed by atoms with van der Waals surface area (Å²) < 4.78 is 18.7. The Morgan fingerprint density at radius 1 is 1.17 bits per heavy atom. The number of hydrogen-bond acceptors (Lipinski definition) is 4. The molecule has 2 aromatic carbocycles. The Labute approximate surface area is 168 Å². The number of methoxy groups -OCH3 is 1. The average Bonchev–Trinajstić information content (AvgIpc) is 2.92. The van der Waals surface area contributed by atoms with Gasteiger partial charge in [0.05, 0.1) is 19.2 Å². The van der Waals surface area contributed by atoms with E-state index in [0.29, 0.717) is 5.56 Å². The third-order valence-electron chi connectivity index (χ3n) is 5.11. The van der Waals surface area contributed by atoms with Crippen LogP contribution in [0.2, 0.25) is 0 Å². The fraction of sp³-hybridized carbons (Fsp3) is 0.318. The number of benzene rings is 2.